The second kappa shape index (κ2) is 8.12. The van der Waals surface area contributed by atoms with Crippen molar-refractivity contribution in [2.24, 2.45) is 0 Å². The van der Waals surface area contributed by atoms with Gasteiger partial charge in [0.15, 0.2) is 5.69 Å². The molecule has 0 bridgehead atoms. The summed E-state index contributed by atoms with van der Waals surface area (Å²) in [4.78, 5) is 34.3. The van der Waals surface area contributed by atoms with Crippen LogP contribution in [0.5, 0.6) is 0 Å². The van der Waals surface area contributed by atoms with E-state index >= 15 is 0 Å². The van der Waals surface area contributed by atoms with Crippen LogP contribution in [0.3, 0.4) is 0 Å². The number of anilines is 2. The monoisotopic (exact) mass is 379 g/mol. The molecule has 9 nitrogen and oxygen atoms in total. The topological polar surface area (TPSA) is 119 Å². The lowest BCUT2D eigenvalue weighted by Crippen LogP contribution is -2.14. The Kier molecular flexibility index (Phi) is 5.45. The summed E-state index contributed by atoms with van der Waals surface area (Å²) in [6.07, 6.45) is 1.90. The van der Waals surface area contributed by atoms with Gasteiger partial charge in [-0.2, -0.15) is 5.10 Å². The summed E-state index contributed by atoms with van der Waals surface area (Å²) in [6, 6.07) is 14.2. The molecule has 9 heteroatoms. The van der Waals surface area contributed by atoms with Gasteiger partial charge in [-0.05, 0) is 30.3 Å². The Morgan fingerprint density at radius 1 is 1.07 bits per heavy atom. The Balaban J connectivity index is 1.74. The number of nitro groups is 1. The van der Waals surface area contributed by atoms with Crippen LogP contribution < -0.4 is 10.6 Å². The van der Waals surface area contributed by atoms with Gasteiger partial charge in [-0.15, -0.1) is 0 Å². The lowest BCUT2D eigenvalue weighted by Gasteiger charge is -2.07. The molecule has 0 atom stereocenters. The van der Waals surface area contributed by atoms with Gasteiger partial charge in [-0.25, -0.2) is 4.68 Å². The van der Waals surface area contributed by atoms with Gasteiger partial charge >= 0.3 is 0 Å². The molecule has 2 N–H and O–H groups in total. The number of hydrogen-bond donors (Lipinski definition) is 2. The summed E-state index contributed by atoms with van der Waals surface area (Å²) in [7, 11) is 0. The first-order valence-electron chi connectivity index (χ1n) is 8.48. The number of carbonyl (C=O) groups is 2. The fourth-order valence-corrected chi connectivity index (χ4v) is 2.46. The van der Waals surface area contributed by atoms with Crippen molar-refractivity contribution < 1.29 is 14.5 Å². The highest BCUT2D eigenvalue weighted by Crippen LogP contribution is 2.18. The van der Waals surface area contributed by atoms with Crippen LogP contribution in [-0.4, -0.2) is 26.5 Å². The highest BCUT2D eigenvalue weighted by Gasteiger charge is 2.13. The lowest BCUT2D eigenvalue weighted by molar-refractivity contribution is -0.384. The summed E-state index contributed by atoms with van der Waals surface area (Å²) >= 11 is 0. The molecule has 0 unspecified atom stereocenters. The maximum Gasteiger partial charge on any atom is 0.276 e. The molecule has 0 aliphatic heterocycles. The van der Waals surface area contributed by atoms with Gasteiger partial charge in [0.05, 0.1) is 10.6 Å². The second-order valence-electron chi connectivity index (χ2n) is 5.86. The molecule has 142 valence electrons. The van der Waals surface area contributed by atoms with Gasteiger partial charge in [0.25, 0.3) is 11.6 Å². The standard InChI is InChI=1S/C19H17N5O4/c1-2-18(25)20-13-5-3-6-14(11-13)21-19(26)17-9-10-23(22-17)15-7-4-8-16(12-15)24(27)28/h3-12H,2H2,1H3,(H,20,25)(H,21,26). The number of nitrogens with zero attached hydrogens (tertiary/aromatic N) is 3. The average molecular weight is 379 g/mol. The van der Waals surface area contributed by atoms with Gasteiger partial charge in [0, 0.05) is 36.1 Å². The molecule has 2 amide bonds. The van der Waals surface area contributed by atoms with Crippen LogP contribution in [0.25, 0.3) is 5.69 Å². The highest BCUT2D eigenvalue weighted by molar-refractivity contribution is 6.03. The molecule has 3 aromatic rings. The van der Waals surface area contributed by atoms with E-state index in [4.69, 9.17) is 0 Å². The van der Waals surface area contributed by atoms with Crippen molar-refractivity contribution >= 4 is 28.9 Å². The smallest absolute Gasteiger partial charge is 0.276 e. The molecule has 2 aromatic carbocycles. The minimum absolute atomic E-state index is 0.0649. The van der Waals surface area contributed by atoms with Crippen molar-refractivity contribution in [3.05, 3.63) is 76.6 Å². The van der Waals surface area contributed by atoms with E-state index in [0.29, 0.717) is 23.5 Å². The van der Waals surface area contributed by atoms with Crippen molar-refractivity contribution in [3.63, 3.8) is 0 Å². The number of benzene rings is 2. The minimum atomic E-state index is -0.495. The van der Waals surface area contributed by atoms with Crippen LogP contribution in [-0.2, 0) is 4.79 Å². The van der Waals surface area contributed by atoms with Crippen molar-refractivity contribution in [1.29, 1.82) is 0 Å². The highest BCUT2D eigenvalue weighted by atomic mass is 16.6. The average Bonchev–Trinajstić information content (AvgIpc) is 3.18. The van der Waals surface area contributed by atoms with Crippen molar-refractivity contribution in [2.75, 3.05) is 10.6 Å². The van der Waals surface area contributed by atoms with Crippen LogP contribution in [0.15, 0.2) is 60.8 Å². The van der Waals surface area contributed by atoms with Crippen molar-refractivity contribution in [3.8, 4) is 5.69 Å². The molecule has 28 heavy (non-hydrogen) atoms. The number of rotatable bonds is 6. The summed E-state index contributed by atoms with van der Waals surface area (Å²) in [5, 5.41) is 20.5. The van der Waals surface area contributed by atoms with Crippen LogP contribution >= 0.6 is 0 Å². The van der Waals surface area contributed by atoms with Crippen LogP contribution in [0.4, 0.5) is 17.1 Å². The summed E-state index contributed by atoms with van der Waals surface area (Å²) in [5.74, 6) is -0.567. The molecule has 1 heterocycles. The van der Waals surface area contributed by atoms with E-state index in [1.54, 1.807) is 49.5 Å². The number of nitrogens with one attached hydrogen (secondary N) is 2. The van der Waals surface area contributed by atoms with Gasteiger partial charge in [0.1, 0.15) is 0 Å². The predicted octanol–water partition coefficient (Wildman–Crippen LogP) is 3.38. The molecule has 0 spiro atoms. The first kappa shape index (κ1) is 18.8. The summed E-state index contributed by atoms with van der Waals surface area (Å²) in [5.41, 5.74) is 1.63. The molecule has 3 rings (SSSR count). The lowest BCUT2D eigenvalue weighted by atomic mass is 10.2. The fraction of sp³-hybridized carbons (Fsp3) is 0.105. The maximum atomic E-state index is 12.4. The number of carbonyl (C=O) groups excluding carboxylic acids is 2. The Morgan fingerprint density at radius 2 is 1.79 bits per heavy atom. The second-order valence-corrected chi connectivity index (χ2v) is 5.86. The van der Waals surface area contributed by atoms with Gasteiger partial charge in [-0.1, -0.05) is 19.1 Å². The first-order valence-corrected chi connectivity index (χ1v) is 8.48. The largest absolute Gasteiger partial charge is 0.326 e. The Labute approximate surface area is 160 Å². The quantitative estimate of drug-likeness (QED) is 0.503. The molecule has 1 aromatic heterocycles. The molecular weight excluding hydrogens is 362 g/mol. The van der Waals surface area contributed by atoms with E-state index in [1.165, 1.54) is 22.9 Å². The van der Waals surface area contributed by atoms with Crippen molar-refractivity contribution in [1.82, 2.24) is 9.78 Å². The zero-order chi connectivity index (χ0) is 20.1. The zero-order valence-electron chi connectivity index (χ0n) is 15.0. The molecule has 0 saturated carbocycles. The number of nitro benzene ring substituents is 1. The SMILES string of the molecule is CCC(=O)Nc1cccc(NC(=O)c2ccn(-c3cccc([N+](=O)[O-])c3)n2)c1. The van der Waals surface area contributed by atoms with Crippen LogP contribution in [0, 0.1) is 10.1 Å². The van der Waals surface area contributed by atoms with E-state index in [0.717, 1.165) is 0 Å². The van der Waals surface area contributed by atoms with E-state index in [2.05, 4.69) is 15.7 Å². The van der Waals surface area contributed by atoms with Crippen molar-refractivity contribution in [2.45, 2.75) is 13.3 Å². The molecule has 0 aliphatic carbocycles. The van der Waals surface area contributed by atoms with Gasteiger partial charge in [-0.3, -0.25) is 19.7 Å². The Hall–Kier alpha value is -4.01. The molecule has 0 fully saturated rings. The number of non-ortho nitro benzene ring substituents is 1. The van der Waals surface area contributed by atoms with Gasteiger partial charge < -0.3 is 10.6 Å². The van der Waals surface area contributed by atoms with Gasteiger partial charge in [0.2, 0.25) is 5.91 Å². The third-order valence-electron chi connectivity index (χ3n) is 3.85. The van der Waals surface area contributed by atoms with Crippen LogP contribution in [0.2, 0.25) is 0 Å². The molecule has 0 radical (unpaired) electrons. The molecule has 0 aliphatic rings. The van der Waals surface area contributed by atoms with E-state index in [1.807, 2.05) is 0 Å². The molecule has 0 saturated heterocycles. The molecular formula is C19H17N5O4. The Morgan fingerprint density at radius 3 is 2.50 bits per heavy atom. The normalized spacial score (nSPS) is 10.3. The number of aromatic nitrogens is 2. The van der Waals surface area contributed by atoms with E-state index < -0.39 is 10.8 Å². The third-order valence-corrected chi connectivity index (χ3v) is 3.85. The number of amides is 2. The van der Waals surface area contributed by atoms with E-state index in [9.17, 15) is 19.7 Å². The first-order chi connectivity index (χ1) is 13.5. The summed E-state index contributed by atoms with van der Waals surface area (Å²) in [6.45, 7) is 1.75. The maximum absolute atomic E-state index is 12.4. The predicted molar refractivity (Wildman–Crippen MR) is 104 cm³/mol. The zero-order valence-corrected chi connectivity index (χ0v) is 15.0. The minimum Gasteiger partial charge on any atom is -0.326 e. The number of hydrogen-bond acceptors (Lipinski definition) is 5. The van der Waals surface area contributed by atoms with Crippen LogP contribution in [0.1, 0.15) is 23.8 Å². The Bertz CT molecular complexity index is 1040. The fourth-order valence-electron chi connectivity index (χ4n) is 2.46. The third kappa shape index (κ3) is 4.39. The summed E-state index contributed by atoms with van der Waals surface area (Å²) < 4.78 is 1.39. The van der Waals surface area contributed by atoms with E-state index in [-0.39, 0.29) is 17.3 Å².